The van der Waals surface area contributed by atoms with Crippen LogP contribution in [0.2, 0.25) is 0 Å². The molecule has 0 aromatic carbocycles. The van der Waals surface area contributed by atoms with Gasteiger partial charge in [0.1, 0.15) is 6.54 Å². The molecule has 6 nitrogen and oxygen atoms in total. The summed E-state index contributed by atoms with van der Waals surface area (Å²) in [7, 11) is 0. The molecule has 1 aromatic rings. The molecule has 0 spiro atoms. The molecule has 0 saturated carbocycles. The Kier molecular flexibility index (Phi) is 4.45. The molecule has 0 bridgehead atoms. The standard InChI is InChI=1S/C11H15N3O3/c1-4-6-13(7-5-2)10(15)8-14-9(3)12-17-11(14)16/h4-5H,1-2,6-8H2,3H3. The van der Waals surface area contributed by atoms with E-state index in [2.05, 4.69) is 22.8 Å². The third-order valence-electron chi connectivity index (χ3n) is 2.21. The largest absolute Gasteiger partial charge is 0.442 e. The first-order chi connectivity index (χ1) is 8.10. The van der Waals surface area contributed by atoms with Gasteiger partial charge in [0.2, 0.25) is 5.91 Å². The summed E-state index contributed by atoms with van der Waals surface area (Å²) < 4.78 is 5.62. The van der Waals surface area contributed by atoms with Crippen LogP contribution in [0.1, 0.15) is 5.82 Å². The third kappa shape index (κ3) is 3.17. The Morgan fingerprint density at radius 3 is 2.47 bits per heavy atom. The van der Waals surface area contributed by atoms with Gasteiger partial charge in [-0.05, 0) is 6.92 Å². The lowest BCUT2D eigenvalue weighted by molar-refractivity contribution is -0.130. The highest BCUT2D eigenvalue weighted by atomic mass is 16.5. The van der Waals surface area contributed by atoms with Crippen LogP contribution in [0, 0.1) is 6.92 Å². The van der Waals surface area contributed by atoms with Gasteiger partial charge in [-0.3, -0.25) is 13.9 Å². The van der Waals surface area contributed by atoms with Crippen molar-refractivity contribution in [2.75, 3.05) is 13.1 Å². The van der Waals surface area contributed by atoms with Crippen molar-refractivity contribution in [1.82, 2.24) is 14.6 Å². The van der Waals surface area contributed by atoms with E-state index >= 15 is 0 Å². The number of hydrogen-bond acceptors (Lipinski definition) is 4. The average Bonchev–Trinajstić information content (AvgIpc) is 2.60. The van der Waals surface area contributed by atoms with Crippen molar-refractivity contribution in [1.29, 1.82) is 0 Å². The summed E-state index contributed by atoms with van der Waals surface area (Å²) in [5, 5.41) is 3.48. The fourth-order valence-corrected chi connectivity index (χ4v) is 1.34. The lowest BCUT2D eigenvalue weighted by Gasteiger charge is -2.19. The zero-order chi connectivity index (χ0) is 12.8. The van der Waals surface area contributed by atoms with Crippen molar-refractivity contribution >= 4 is 5.91 Å². The number of amides is 1. The smallest absolute Gasteiger partial charge is 0.334 e. The Hall–Kier alpha value is -2.11. The van der Waals surface area contributed by atoms with Crippen molar-refractivity contribution in [2.24, 2.45) is 0 Å². The number of carbonyl (C=O) groups is 1. The van der Waals surface area contributed by atoms with Gasteiger partial charge in [-0.1, -0.05) is 17.3 Å². The minimum absolute atomic E-state index is 0.0875. The Bertz CT molecular complexity index is 463. The Morgan fingerprint density at radius 2 is 2.06 bits per heavy atom. The van der Waals surface area contributed by atoms with E-state index in [-0.39, 0.29) is 12.5 Å². The lowest BCUT2D eigenvalue weighted by Crippen LogP contribution is -2.36. The number of aryl methyl sites for hydroxylation is 1. The molecule has 0 N–H and O–H groups in total. The predicted octanol–water partition coefficient (Wildman–Crippen LogP) is 0.345. The Morgan fingerprint density at radius 1 is 1.47 bits per heavy atom. The van der Waals surface area contributed by atoms with E-state index < -0.39 is 5.76 Å². The first kappa shape index (κ1) is 13.0. The number of rotatable bonds is 6. The van der Waals surface area contributed by atoms with Crippen LogP contribution in [0.3, 0.4) is 0 Å². The van der Waals surface area contributed by atoms with Crippen molar-refractivity contribution in [2.45, 2.75) is 13.5 Å². The predicted molar refractivity (Wildman–Crippen MR) is 62.5 cm³/mol. The van der Waals surface area contributed by atoms with Crippen LogP contribution in [-0.2, 0) is 11.3 Å². The molecule has 0 unspecified atom stereocenters. The highest BCUT2D eigenvalue weighted by Gasteiger charge is 2.15. The van der Waals surface area contributed by atoms with Crippen molar-refractivity contribution < 1.29 is 9.32 Å². The zero-order valence-electron chi connectivity index (χ0n) is 9.76. The van der Waals surface area contributed by atoms with Gasteiger partial charge in [0.15, 0.2) is 5.82 Å². The second-order valence-electron chi connectivity index (χ2n) is 3.46. The molecule has 0 radical (unpaired) electrons. The summed E-state index contributed by atoms with van der Waals surface area (Å²) >= 11 is 0. The number of aromatic nitrogens is 2. The van der Waals surface area contributed by atoms with E-state index in [1.54, 1.807) is 19.1 Å². The van der Waals surface area contributed by atoms with Gasteiger partial charge in [-0.2, -0.15) is 0 Å². The summed E-state index contributed by atoms with van der Waals surface area (Å²) in [6, 6.07) is 0. The molecular weight excluding hydrogens is 222 g/mol. The maximum atomic E-state index is 11.9. The molecule has 0 aliphatic heterocycles. The molecule has 0 atom stereocenters. The summed E-state index contributed by atoms with van der Waals surface area (Å²) in [5.74, 6) is -0.466. The summed E-state index contributed by atoms with van der Waals surface area (Å²) in [6.45, 7) is 9.47. The van der Waals surface area contributed by atoms with Crippen LogP contribution in [0.25, 0.3) is 0 Å². The molecular formula is C11H15N3O3. The van der Waals surface area contributed by atoms with E-state index in [0.717, 1.165) is 0 Å². The van der Waals surface area contributed by atoms with Gasteiger partial charge in [0, 0.05) is 13.1 Å². The topological polar surface area (TPSA) is 68.3 Å². The van der Waals surface area contributed by atoms with Crippen molar-refractivity contribution in [3.8, 4) is 0 Å². The Balaban J connectivity index is 2.79. The van der Waals surface area contributed by atoms with E-state index in [1.807, 2.05) is 0 Å². The third-order valence-corrected chi connectivity index (χ3v) is 2.21. The SMILES string of the molecule is C=CCN(CC=C)C(=O)Cn1c(C)noc1=O. The fourth-order valence-electron chi connectivity index (χ4n) is 1.34. The average molecular weight is 237 g/mol. The first-order valence-corrected chi connectivity index (χ1v) is 5.12. The molecule has 1 amide bonds. The van der Waals surface area contributed by atoms with Crippen LogP contribution in [0.4, 0.5) is 0 Å². The van der Waals surface area contributed by atoms with Gasteiger partial charge < -0.3 is 4.90 Å². The fraction of sp³-hybridized carbons (Fsp3) is 0.364. The molecule has 17 heavy (non-hydrogen) atoms. The molecule has 92 valence electrons. The molecule has 0 aliphatic carbocycles. The maximum absolute atomic E-state index is 11.9. The second-order valence-corrected chi connectivity index (χ2v) is 3.46. The van der Waals surface area contributed by atoms with Crippen molar-refractivity contribution in [3.63, 3.8) is 0 Å². The maximum Gasteiger partial charge on any atom is 0.442 e. The summed E-state index contributed by atoms with van der Waals surface area (Å²) in [4.78, 5) is 24.7. The van der Waals surface area contributed by atoms with Crippen LogP contribution in [-0.4, -0.2) is 33.6 Å². The molecule has 1 rings (SSSR count). The Labute approximate surface area is 98.8 Å². The molecule has 0 saturated heterocycles. The summed E-state index contributed by atoms with van der Waals surface area (Å²) in [6.07, 6.45) is 3.23. The second kappa shape index (κ2) is 5.83. The minimum Gasteiger partial charge on any atom is -0.334 e. The highest BCUT2D eigenvalue weighted by molar-refractivity contribution is 5.76. The van der Waals surface area contributed by atoms with Gasteiger partial charge >= 0.3 is 5.76 Å². The quantitative estimate of drug-likeness (QED) is 0.669. The van der Waals surface area contributed by atoms with E-state index in [4.69, 9.17) is 0 Å². The van der Waals surface area contributed by atoms with Gasteiger partial charge in [0.25, 0.3) is 0 Å². The van der Waals surface area contributed by atoms with Gasteiger partial charge in [0.05, 0.1) is 0 Å². The van der Waals surface area contributed by atoms with E-state index in [9.17, 15) is 9.59 Å². The van der Waals surface area contributed by atoms with E-state index in [1.165, 1.54) is 9.47 Å². The number of hydrogen-bond donors (Lipinski definition) is 0. The molecule has 1 aromatic heterocycles. The van der Waals surface area contributed by atoms with Crippen LogP contribution >= 0.6 is 0 Å². The first-order valence-electron chi connectivity index (χ1n) is 5.12. The normalized spacial score (nSPS) is 9.94. The number of carbonyl (C=O) groups excluding carboxylic acids is 1. The van der Waals surface area contributed by atoms with Crippen LogP contribution in [0.5, 0.6) is 0 Å². The highest BCUT2D eigenvalue weighted by Crippen LogP contribution is 1.96. The van der Waals surface area contributed by atoms with Gasteiger partial charge in [-0.25, -0.2) is 4.79 Å². The van der Waals surface area contributed by atoms with Crippen molar-refractivity contribution in [3.05, 3.63) is 41.7 Å². The monoisotopic (exact) mass is 237 g/mol. The van der Waals surface area contributed by atoms with Gasteiger partial charge in [-0.15, -0.1) is 13.2 Å². The molecule has 6 heteroatoms. The number of nitrogens with zero attached hydrogens (tertiary/aromatic N) is 3. The zero-order valence-corrected chi connectivity index (χ0v) is 9.76. The molecule has 0 aliphatic rings. The van der Waals surface area contributed by atoms with Crippen LogP contribution < -0.4 is 5.76 Å². The van der Waals surface area contributed by atoms with E-state index in [0.29, 0.717) is 18.9 Å². The molecule has 1 heterocycles. The van der Waals surface area contributed by atoms with Crippen LogP contribution in [0.15, 0.2) is 34.6 Å². The summed E-state index contributed by atoms with van der Waals surface area (Å²) in [5.41, 5.74) is 0. The molecule has 0 fully saturated rings. The minimum atomic E-state index is -0.631. The lowest BCUT2D eigenvalue weighted by atomic mass is 10.4.